The third-order valence-corrected chi connectivity index (χ3v) is 4.98. The number of fused-ring (bicyclic) bond motifs is 1. The summed E-state index contributed by atoms with van der Waals surface area (Å²) in [4.78, 5) is 16.3. The van der Waals surface area contributed by atoms with Crippen molar-refractivity contribution in [3.63, 3.8) is 0 Å². The number of hydrogen-bond acceptors (Lipinski definition) is 2. The number of Topliss-reactive ketones (excluding diaryl/α,β-unsaturated/α-hetero) is 1. The monoisotopic (exact) mass is 355 g/mol. The Morgan fingerprint density at radius 2 is 1.63 bits per heavy atom. The molecule has 3 aromatic carbocycles. The summed E-state index contributed by atoms with van der Waals surface area (Å²) in [6, 6.07) is 25.6. The molecule has 0 aliphatic heterocycles. The van der Waals surface area contributed by atoms with E-state index in [0.717, 1.165) is 33.3 Å². The van der Waals surface area contributed by atoms with Gasteiger partial charge < -0.3 is 9.72 Å². The van der Waals surface area contributed by atoms with E-state index >= 15 is 0 Å². The second-order valence-electron chi connectivity index (χ2n) is 6.58. The maximum absolute atomic E-state index is 13.0. The Bertz CT molecular complexity index is 1050. The molecule has 1 unspecified atom stereocenters. The third kappa shape index (κ3) is 3.36. The molecule has 0 saturated carbocycles. The first-order chi connectivity index (χ1) is 13.3. The van der Waals surface area contributed by atoms with E-state index in [1.165, 1.54) is 0 Å². The van der Waals surface area contributed by atoms with Crippen LogP contribution in [0.1, 0.15) is 33.8 Å². The number of H-pyrrole nitrogens is 1. The maximum Gasteiger partial charge on any atom is 0.163 e. The molecule has 0 fully saturated rings. The van der Waals surface area contributed by atoms with Gasteiger partial charge in [-0.2, -0.15) is 0 Å². The molecular weight excluding hydrogens is 334 g/mol. The Labute approximate surface area is 158 Å². The van der Waals surface area contributed by atoms with Crippen molar-refractivity contribution in [1.82, 2.24) is 4.98 Å². The van der Waals surface area contributed by atoms with Crippen molar-refractivity contribution in [2.75, 3.05) is 7.11 Å². The van der Waals surface area contributed by atoms with E-state index in [2.05, 4.69) is 17.1 Å². The molecule has 27 heavy (non-hydrogen) atoms. The Kier molecular flexibility index (Phi) is 4.75. The number of carbonyl (C=O) groups is 1. The van der Waals surface area contributed by atoms with E-state index in [-0.39, 0.29) is 11.7 Å². The number of aromatic nitrogens is 1. The molecule has 1 N–H and O–H groups in total. The van der Waals surface area contributed by atoms with Crippen LogP contribution >= 0.6 is 0 Å². The zero-order chi connectivity index (χ0) is 18.6. The van der Waals surface area contributed by atoms with Gasteiger partial charge in [0.25, 0.3) is 0 Å². The SMILES string of the molecule is COc1cccc2[nH]cc(C(CC(=O)c3ccccc3)c3ccccc3)c12. The summed E-state index contributed by atoms with van der Waals surface area (Å²) in [6.45, 7) is 0. The molecule has 0 bridgehead atoms. The summed E-state index contributed by atoms with van der Waals surface area (Å²) in [5, 5.41) is 1.04. The summed E-state index contributed by atoms with van der Waals surface area (Å²) < 4.78 is 5.60. The molecule has 4 rings (SSSR count). The topological polar surface area (TPSA) is 42.1 Å². The Balaban J connectivity index is 1.81. The lowest BCUT2D eigenvalue weighted by Gasteiger charge is -2.17. The van der Waals surface area contributed by atoms with Gasteiger partial charge in [0.2, 0.25) is 0 Å². The van der Waals surface area contributed by atoms with E-state index in [0.29, 0.717) is 6.42 Å². The van der Waals surface area contributed by atoms with Gasteiger partial charge in [0.1, 0.15) is 5.75 Å². The number of methoxy groups -OCH3 is 1. The quantitative estimate of drug-likeness (QED) is 0.459. The number of carbonyl (C=O) groups excluding carboxylic acids is 1. The van der Waals surface area contributed by atoms with E-state index in [1.54, 1.807) is 7.11 Å². The average Bonchev–Trinajstić information content (AvgIpc) is 3.17. The minimum Gasteiger partial charge on any atom is -0.496 e. The van der Waals surface area contributed by atoms with Crippen molar-refractivity contribution in [2.24, 2.45) is 0 Å². The van der Waals surface area contributed by atoms with Gasteiger partial charge in [0.15, 0.2) is 5.78 Å². The van der Waals surface area contributed by atoms with E-state index < -0.39 is 0 Å². The molecule has 3 nitrogen and oxygen atoms in total. The van der Waals surface area contributed by atoms with E-state index in [4.69, 9.17) is 4.74 Å². The number of rotatable bonds is 6. The highest BCUT2D eigenvalue weighted by Crippen LogP contribution is 2.38. The van der Waals surface area contributed by atoms with Crippen molar-refractivity contribution in [3.8, 4) is 5.75 Å². The zero-order valence-electron chi connectivity index (χ0n) is 15.2. The number of benzene rings is 3. The standard InChI is InChI=1S/C24H21NO2/c1-27-23-14-8-13-21-24(23)20(16-25-21)19(17-9-4-2-5-10-17)15-22(26)18-11-6-3-7-12-18/h2-14,16,19,25H,15H2,1H3. The molecule has 0 amide bonds. The number of hydrogen-bond donors (Lipinski definition) is 1. The van der Waals surface area contributed by atoms with Gasteiger partial charge in [-0.15, -0.1) is 0 Å². The van der Waals surface area contributed by atoms with Crippen LogP contribution in [0.3, 0.4) is 0 Å². The molecule has 0 saturated heterocycles. The predicted octanol–water partition coefficient (Wildman–Crippen LogP) is 5.58. The molecule has 0 aliphatic rings. The fourth-order valence-electron chi connectivity index (χ4n) is 3.64. The summed E-state index contributed by atoms with van der Waals surface area (Å²) in [6.07, 6.45) is 2.40. The Hall–Kier alpha value is -3.33. The second-order valence-corrected chi connectivity index (χ2v) is 6.58. The van der Waals surface area contributed by atoms with Gasteiger partial charge in [-0.3, -0.25) is 4.79 Å². The zero-order valence-corrected chi connectivity index (χ0v) is 15.2. The van der Waals surface area contributed by atoms with Crippen molar-refractivity contribution in [3.05, 3.63) is 102 Å². The normalized spacial score (nSPS) is 12.0. The molecule has 0 radical (unpaired) electrons. The highest BCUT2D eigenvalue weighted by Gasteiger charge is 2.23. The highest BCUT2D eigenvalue weighted by atomic mass is 16.5. The van der Waals surface area contributed by atoms with Crippen LogP contribution < -0.4 is 4.74 Å². The summed E-state index contributed by atoms with van der Waals surface area (Å²) >= 11 is 0. The molecule has 4 aromatic rings. The molecule has 1 aromatic heterocycles. The van der Waals surface area contributed by atoms with Crippen LogP contribution in [0.25, 0.3) is 10.9 Å². The van der Waals surface area contributed by atoms with Gasteiger partial charge in [0, 0.05) is 35.0 Å². The smallest absolute Gasteiger partial charge is 0.163 e. The number of ketones is 1. The fourth-order valence-corrected chi connectivity index (χ4v) is 3.64. The first kappa shape index (κ1) is 17.1. The first-order valence-electron chi connectivity index (χ1n) is 9.05. The minimum atomic E-state index is -0.0519. The van der Waals surface area contributed by atoms with Gasteiger partial charge in [-0.1, -0.05) is 66.7 Å². The van der Waals surface area contributed by atoms with Crippen LogP contribution in [0, 0.1) is 0 Å². The first-order valence-corrected chi connectivity index (χ1v) is 9.05. The summed E-state index contributed by atoms with van der Waals surface area (Å²) in [5.74, 6) is 0.898. The number of aromatic amines is 1. The lowest BCUT2D eigenvalue weighted by atomic mass is 9.85. The van der Waals surface area contributed by atoms with Crippen LogP contribution in [0.2, 0.25) is 0 Å². The van der Waals surface area contributed by atoms with Gasteiger partial charge >= 0.3 is 0 Å². The molecule has 0 aliphatic carbocycles. The minimum absolute atomic E-state index is 0.0519. The van der Waals surface area contributed by atoms with Gasteiger partial charge in [-0.25, -0.2) is 0 Å². The fraction of sp³-hybridized carbons (Fsp3) is 0.125. The van der Waals surface area contributed by atoms with E-state index in [1.807, 2.05) is 72.9 Å². The average molecular weight is 355 g/mol. The van der Waals surface area contributed by atoms with Gasteiger partial charge in [-0.05, 0) is 23.3 Å². The predicted molar refractivity (Wildman–Crippen MR) is 109 cm³/mol. The summed E-state index contributed by atoms with van der Waals surface area (Å²) in [7, 11) is 1.68. The molecule has 0 spiro atoms. The maximum atomic E-state index is 13.0. The van der Waals surface area contributed by atoms with Crippen LogP contribution in [0.15, 0.2) is 85.1 Å². The van der Waals surface area contributed by atoms with Crippen molar-refractivity contribution < 1.29 is 9.53 Å². The third-order valence-electron chi connectivity index (χ3n) is 4.98. The van der Waals surface area contributed by atoms with Crippen LogP contribution in [-0.4, -0.2) is 17.9 Å². The van der Waals surface area contributed by atoms with Crippen LogP contribution in [-0.2, 0) is 0 Å². The van der Waals surface area contributed by atoms with Crippen molar-refractivity contribution in [2.45, 2.75) is 12.3 Å². The highest BCUT2D eigenvalue weighted by molar-refractivity contribution is 5.98. The summed E-state index contributed by atoms with van der Waals surface area (Å²) in [5.41, 5.74) is 3.95. The van der Waals surface area contributed by atoms with Crippen molar-refractivity contribution >= 4 is 16.7 Å². The van der Waals surface area contributed by atoms with Crippen molar-refractivity contribution in [1.29, 1.82) is 0 Å². The Morgan fingerprint density at radius 1 is 0.926 bits per heavy atom. The lowest BCUT2D eigenvalue weighted by Crippen LogP contribution is -2.09. The number of ether oxygens (including phenoxy) is 1. The molecule has 1 heterocycles. The molecule has 134 valence electrons. The number of nitrogens with one attached hydrogen (secondary N) is 1. The van der Waals surface area contributed by atoms with Gasteiger partial charge in [0.05, 0.1) is 7.11 Å². The van der Waals surface area contributed by atoms with Crippen LogP contribution in [0.4, 0.5) is 0 Å². The lowest BCUT2D eigenvalue weighted by molar-refractivity contribution is 0.0978. The molecular formula is C24H21NO2. The van der Waals surface area contributed by atoms with Crippen LogP contribution in [0.5, 0.6) is 5.75 Å². The molecule has 1 atom stereocenters. The Morgan fingerprint density at radius 3 is 2.33 bits per heavy atom. The largest absolute Gasteiger partial charge is 0.496 e. The molecule has 3 heteroatoms. The second kappa shape index (κ2) is 7.50. The van der Waals surface area contributed by atoms with E-state index in [9.17, 15) is 4.79 Å².